The van der Waals surface area contributed by atoms with Gasteiger partial charge in [0.25, 0.3) is 0 Å². The van der Waals surface area contributed by atoms with Crippen LogP contribution in [-0.2, 0) is 11.3 Å². The van der Waals surface area contributed by atoms with E-state index >= 15 is 0 Å². The van der Waals surface area contributed by atoms with Gasteiger partial charge in [-0.05, 0) is 24.6 Å². The van der Waals surface area contributed by atoms with Crippen molar-refractivity contribution in [1.29, 1.82) is 0 Å². The van der Waals surface area contributed by atoms with Crippen molar-refractivity contribution in [3.05, 3.63) is 34.3 Å². The Morgan fingerprint density at radius 2 is 2.00 bits per heavy atom. The number of rotatable bonds is 4. The molecular weight excluding hydrogens is 291 g/mol. The molecule has 0 aliphatic carbocycles. The summed E-state index contributed by atoms with van der Waals surface area (Å²) in [5.41, 5.74) is 6.59. The van der Waals surface area contributed by atoms with E-state index in [9.17, 15) is 4.79 Å². The summed E-state index contributed by atoms with van der Waals surface area (Å²) in [6.45, 7) is 2.37. The summed E-state index contributed by atoms with van der Waals surface area (Å²) in [7, 11) is 0. The Balaban J connectivity index is 0.00000225. The molecule has 0 fully saturated rings. The van der Waals surface area contributed by atoms with Crippen LogP contribution >= 0.6 is 28.3 Å². The van der Waals surface area contributed by atoms with Crippen LogP contribution < -0.4 is 11.1 Å². The Bertz CT molecular complexity index is 327. The van der Waals surface area contributed by atoms with Crippen LogP contribution in [0.3, 0.4) is 0 Å². The summed E-state index contributed by atoms with van der Waals surface area (Å²) in [5.74, 6) is -0.00656. The molecule has 5 heteroatoms. The average molecular weight is 308 g/mol. The van der Waals surface area contributed by atoms with Crippen molar-refractivity contribution < 1.29 is 4.79 Å². The Hall–Kier alpha value is -0.580. The van der Waals surface area contributed by atoms with Crippen LogP contribution in [0.2, 0.25) is 0 Å². The number of hydrogen-bond acceptors (Lipinski definition) is 2. The molecule has 1 aromatic carbocycles. The van der Waals surface area contributed by atoms with Gasteiger partial charge in [-0.25, -0.2) is 0 Å². The molecule has 1 aromatic rings. The first-order chi connectivity index (χ1) is 7.08. The first kappa shape index (κ1) is 15.4. The summed E-state index contributed by atoms with van der Waals surface area (Å²) in [6.07, 6.45) is 0.372. The maximum atomic E-state index is 11.3. The Morgan fingerprint density at radius 3 is 2.50 bits per heavy atom. The molecule has 0 aliphatic rings. The van der Waals surface area contributed by atoms with Crippen LogP contribution in [0.4, 0.5) is 0 Å². The van der Waals surface area contributed by atoms with Crippen LogP contribution in [0.25, 0.3) is 0 Å². The highest BCUT2D eigenvalue weighted by molar-refractivity contribution is 9.10. The van der Waals surface area contributed by atoms with Crippen molar-refractivity contribution in [2.24, 2.45) is 5.73 Å². The molecule has 0 saturated carbocycles. The minimum Gasteiger partial charge on any atom is -0.352 e. The predicted molar refractivity (Wildman–Crippen MR) is 71.5 cm³/mol. The van der Waals surface area contributed by atoms with Gasteiger partial charge >= 0.3 is 0 Å². The molecule has 0 radical (unpaired) electrons. The average Bonchev–Trinajstić information content (AvgIpc) is 2.16. The van der Waals surface area contributed by atoms with Gasteiger partial charge in [-0.3, -0.25) is 4.79 Å². The second kappa shape index (κ2) is 7.65. The van der Waals surface area contributed by atoms with Crippen molar-refractivity contribution >= 4 is 34.2 Å². The highest BCUT2D eigenvalue weighted by Gasteiger charge is 2.03. The molecule has 0 heterocycles. The van der Waals surface area contributed by atoms with Gasteiger partial charge in [0, 0.05) is 23.5 Å². The number of benzene rings is 1. The predicted octanol–water partition coefficient (Wildman–Crippen LogP) is 2.22. The molecule has 16 heavy (non-hydrogen) atoms. The summed E-state index contributed by atoms with van der Waals surface area (Å²) in [5, 5.41) is 2.82. The number of carbonyl (C=O) groups is 1. The van der Waals surface area contributed by atoms with Crippen LogP contribution in [-0.4, -0.2) is 11.9 Å². The molecule has 90 valence electrons. The van der Waals surface area contributed by atoms with E-state index in [4.69, 9.17) is 5.73 Å². The molecule has 0 spiro atoms. The molecule has 1 rings (SSSR count). The van der Waals surface area contributed by atoms with E-state index in [1.54, 1.807) is 0 Å². The van der Waals surface area contributed by atoms with Gasteiger partial charge in [-0.1, -0.05) is 28.1 Å². The first-order valence-corrected chi connectivity index (χ1v) is 5.64. The van der Waals surface area contributed by atoms with Crippen molar-refractivity contribution in [3.8, 4) is 0 Å². The lowest BCUT2D eigenvalue weighted by atomic mass is 10.2. The molecule has 0 saturated heterocycles. The maximum Gasteiger partial charge on any atom is 0.221 e. The minimum absolute atomic E-state index is 0. The number of carbonyl (C=O) groups excluding carboxylic acids is 1. The zero-order valence-electron chi connectivity index (χ0n) is 9.07. The minimum atomic E-state index is -0.0880. The van der Waals surface area contributed by atoms with Gasteiger partial charge in [-0.15, -0.1) is 12.4 Å². The number of nitrogens with two attached hydrogens (primary N) is 1. The zero-order valence-corrected chi connectivity index (χ0v) is 11.5. The molecule has 1 atom stereocenters. The largest absolute Gasteiger partial charge is 0.352 e. The molecule has 0 bridgehead atoms. The van der Waals surface area contributed by atoms with Gasteiger partial charge in [-0.2, -0.15) is 0 Å². The highest BCUT2D eigenvalue weighted by Crippen LogP contribution is 2.10. The van der Waals surface area contributed by atoms with E-state index in [0.717, 1.165) is 10.0 Å². The van der Waals surface area contributed by atoms with E-state index in [1.165, 1.54) is 0 Å². The number of hydrogen-bond donors (Lipinski definition) is 2. The smallest absolute Gasteiger partial charge is 0.221 e. The lowest BCUT2D eigenvalue weighted by Gasteiger charge is -2.07. The monoisotopic (exact) mass is 306 g/mol. The van der Waals surface area contributed by atoms with E-state index in [1.807, 2.05) is 31.2 Å². The molecule has 1 amide bonds. The third kappa shape index (κ3) is 6.10. The van der Waals surface area contributed by atoms with Crippen molar-refractivity contribution in [2.45, 2.75) is 25.9 Å². The van der Waals surface area contributed by atoms with Crippen LogP contribution in [0.15, 0.2) is 28.7 Å². The third-order valence-electron chi connectivity index (χ3n) is 1.91. The summed E-state index contributed by atoms with van der Waals surface area (Å²) in [6, 6.07) is 7.75. The first-order valence-electron chi connectivity index (χ1n) is 4.84. The molecule has 3 nitrogen and oxygen atoms in total. The summed E-state index contributed by atoms with van der Waals surface area (Å²) < 4.78 is 1.04. The fraction of sp³-hybridized carbons (Fsp3) is 0.364. The van der Waals surface area contributed by atoms with Crippen molar-refractivity contribution in [2.75, 3.05) is 0 Å². The standard InChI is InChI=1S/C11H15BrN2O.ClH/c1-8(13)6-11(15)14-7-9-2-4-10(12)5-3-9;/h2-5,8H,6-7,13H2,1H3,(H,14,15);1H. The summed E-state index contributed by atoms with van der Waals surface area (Å²) >= 11 is 3.35. The topological polar surface area (TPSA) is 55.1 Å². The lowest BCUT2D eigenvalue weighted by Crippen LogP contribution is -2.29. The van der Waals surface area contributed by atoms with Gasteiger partial charge < -0.3 is 11.1 Å². The fourth-order valence-electron chi connectivity index (χ4n) is 1.17. The van der Waals surface area contributed by atoms with Gasteiger partial charge in [0.2, 0.25) is 5.91 Å². The number of amides is 1. The Labute approximate surface area is 110 Å². The van der Waals surface area contributed by atoms with Crippen molar-refractivity contribution in [1.82, 2.24) is 5.32 Å². The highest BCUT2D eigenvalue weighted by atomic mass is 79.9. The molecule has 0 aliphatic heterocycles. The Morgan fingerprint density at radius 1 is 1.44 bits per heavy atom. The van der Waals surface area contributed by atoms with E-state index < -0.39 is 0 Å². The lowest BCUT2D eigenvalue weighted by molar-refractivity contribution is -0.121. The summed E-state index contributed by atoms with van der Waals surface area (Å²) in [4.78, 5) is 11.3. The SMILES string of the molecule is CC(N)CC(=O)NCc1ccc(Br)cc1.Cl. The van der Waals surface area contributed by atoms with Crippen LogP contribution in [0.5, 0.6) is 0 Å². The fourth-order valence-corrected chi connectivity index (χ4v) is 1.43. The quantitative estimate of drug-likeness (QED) is 0.896. The normalized spacial score (nSPS) is 11.4. The van der Waals surface area contributed by atoms with E-state index in [2.05, 4.69) is 21.2 Å². The van der Waals surface area contributed by atoms with Crippen molar-refractivity contribution in [3.63, 3.8) is 0 Å². The third-order valence-corrected chi connectivity index (χ3v) is 2.44. The Kier molecular flexibility index (Phi) is 7.38. The second-order valence-electron chi connectivity index (χ2n) is 3.58. The van der Waals surface area contributed by atoms with Gasteiger partial charge in [0.05, 0.1) is 0 Å². The number of halogens is 2. The number of nitrogens with one attached hydrogen (secondary N) is 1. The van der Waals surface area contributed by atoms with Gasteiger partial charge in [0.1, 0.15) is 0 Å². The second-order valence-corrected chi connectivity index (χ2v) is 4.50. The van der Waals surface area contributed by atoms with E-state index in [-0.39, 0.29) is 24.4 Å². The zero-order chi connectivity index (χ0) is 11.3. The molecular formula is C11H16BrClN2O. The van der Waals surface area contributed by atoms with E-state index in [0.29, 0.717) is 13.0 Å². The van der Waals surface area contributed by atoms with Gasteiger partial charge in [0.15, 0.2) is 0 Å². The molecule has 0 aromatic heterocycles. The molecule has 3 N–H and O–H groups in total. The maximum absolute atomic E-state index is 11.3. The van der Waals surface area contributed by atoms with Crippen LogP contribution in [0, 0.1) is 0 Å². The molecule has 1 unspecified atom stereocenters. The van der Waals surface area contributed by atoms with Crippen LogP contribution in [0.1, 0.15) is 18.9 Å².